The van der Waals surface area contributed by atoms with E-state index >= 15 is 0 Å². The lowest BCUT2D eigenvalue weighted by Gasteiger charge is -2.09. The van der Waals surface area contributed by atoms with E-state index in [1.807, 2.05) is 22.9 Å². The number of carboxylic acid groups (broad SMARTS) is 1. The summed E-state index contributed by atoms with van der Waals surface area (Å²) in [6.07, 6.45) is 8.22. The molecule has 0 radical (unpaired) electrons. The number of ketones is 1. The minimum Gasteiger partial charge on any atom is -0.481 e. The van der Waals surface area contributed by atoms with Crippen LogP contribution in [0.5, 0.6) is 0 Å². The maximum atomic E-state index is 14.5. The van der Waals surface area contributed by atoms with E-state index in [9.17, 15) is 14.0 Å². The summed E-state index contributed by atoms with van der Waals surface area (Å²) >= 11 is 5.89. The number of Topliss-reactive ketones (excluding diaryl/α,β-unsaturated/α-hetero) is 1. The SMILES string of the molecule is N#CCc1ccc(Cl)c(F)c1CCC(=O)c1cn(Cc2cn3cc(C4CC4)cc(CCC(=O)O)c3n2)nn1. The zero-order valence-corrected chi connectivity index (χ0v) is 21.2. The third-order valence-electron chi connectivity index (χ3n) is 6.67. The zero-order valence-electron chi connectivity index (χ0n) is 20.4. The van der Waals surface area contributed by atoms with Crippen LogP contribution < -0.4 is 0 Å². The van der Waals surface area contributed by atoms with Gasteiger partial charge in [0.2, 0.25) is 0 Å². The second-order valence-corrected chi connectivity index (χ2v) is 9.90. The first-order chi connectivity index (χ1) is 18.3. The summed E-state index contributed by atoms with van der Waals surface area (Å²) in [7, 11) is 0. The van der Waals surface area contributed by atoms with Gasteiger partial charge < -0.3 is 9.51 Å². The van der Waals surface area contributed by atoms with E-state index < -0.39 is 11.8 Å². The van der Waals surface area contributed by atoms with Gasteiger partial charge in [-0.15, -0.1) is 5.10 Å². The Hall–Kier alpha value is -4.10. The summed E-state index contributed by atoms with van der Waals surface area (Å²) in [6.45, 7) is 0.272. The molecule has 1 aromatic carbocycles. The molecule has 4 aromatic rings. The van der Waals surface area contributed by atoms with Gasteiger partial charge in [-0.3, -0.25) is 9.59 Å². The molecule has 0 unspecified atom stereocenters. The monoisotopic (exact) mass is 534 g/mol. The molecule has 0 spiro atoms. The number of nitriles is 1. The molecule has 11 heteroatoms. The third-order valence-corrected chi connectivity index (χ3v) is 6.96. The van der Waals surface area contributed by atoms with Crippen molar-refractivity contribution >= 4 is 29.0 Å². The molecular formula is C27H24ClFN6O3. The van der Waals surface area contributed by atoms with Gasteiger partial charge >= 0.3 is 5.97 Å². The molecule has 1 N–H and O–H groups in total. The Labute approximate surface area is 222 Å². The summed E-state index contributed by atoms with van der Waals surface area (Å²) < 4.78 is 18.0. The van der Waals surface area contributed by atoms with Gasteiger partial charge in [0.25, 0.3) is 0 Å². The number of benzene rings is 1. The molecule has 5 rings (SSSR count). The van der Waals surface area contributed by atoms with E-state index in [1.165, 1.54) is 22.5 Å². The van der Waals surface area contributed by atoms with E-state index in [0.717, 1.165) is 18.4 Å². The van der Waals surface area contributed by atoms with Crippen molar-refractivity contribution in [1.29, 1.82) is 5.26 Å². The van der Waals surface area contributed by atoms with Gasteiger partial charge in [0, 0.05) is 25.2 Å². The van der Waals surface area contributed by atoms with E-state index in [4.69, 9.17) is 27.0 Å². The number of aromatic nitrogens is 5. The maximum absolute atomic E-state index is 14.5. The molecule has 194 valence electrons. The number of carbonyl (C=O) groups is 2. The molecule has 9 nitrogen and oxygen atoms in total. The summed E-state index contributed by atoms with van der Waals surface area (Å²) in [5, 5.41) is 26.1. The lowest BCUT2D eigenvalue weighted by Crippen LogP contribution is -2.06. The second-order valence-electron chi connectivity index (χ2n) is 9.49. The number of rotatable bonds is 11. The second kappa shape index (κ2) is 10.7. The number of carbonyl (C=O) groups excluding carboxylic acids is 1. The van der Waals surface area contributed by atoms with Crippen LogP contribution in [0.1, 0.15) is 70.0 Å². The molecule has 1 aliphatic rings. The normalized spacial score (nSPS) is 13.1. The Balaban J connectivity index is 1.30. The number of nitrogens with zero attached hydrogens (tertiary/aromatic N) is 6. The van der Waals surface area contributed by atoms with Gasteiger partial charge in [-0.25, -0.2) is 14.1 Å². The molecule has 1 saturated carbocycles. The van der Waals surface area contributed by atoms with Crippen molar-refractivity contribution in [2.24, 2.45) is 0 Å². The molecule has 3 aromatic heterocycles. The summed E-state index contributed by atoms with van der Waals surface area (Å²) in [4.78, 5) is 28.6. The number of aliphatic carboxylic acids is 1. The van der Waals surface area contributed by atoms with Crippen LogP contribution in [-0.4, -0.2) is 41.2 Å². The maximum Gasteiger partial charge on any atom is 0.303 e. The van der Waals surface area contributed by atoms with E-state index in [2.05, 4.69) is 16.4 Å². The Bertz CT molecular complexity index is 1580. The number of hydrogen-bond donors (Lipinski definition) is 1. The van der Waals surface area contributed by atoms with Crippen molar-refractivity contribution in [1.82, 2.24) is 24.4 Å². The van der Waals surface area contributed by atoms with Gasteiger partial charge in [-0.05, 0) is 59.9 Å². The van der Waals surface area contributed by atoms with Crippen LogP contribution in [0.15, 0.2) is 36.8 Å². The molecule has 0 amide bonds. The third kappa shape index (κ3) is 5.58. The van der Waals surface area contributed by atoms with Crippen molar-refractivity contribution in [2.45, 2.75) is 57.4 Å². The quantitative estimate of drug-likeness (QED) is 0.280. The molecule has 0 aliphatic heterocycles. The number of hydrogen-bond acceptors (Lipinski definition) is 6. The van der Waals surface area contributed by atoms with E-state index in [1.54, 1.807) is 6.07 Å². The highest BCUT2D eigenvalue weighted by Crippen LogP contribution is 2.40. The molecule has 0 atom stereocenters. The molecular weight excluding hydrogens is 511 g/mol. The molecule has 0 saturated heterocycles. The van der Waals surface area contributed by atoms with Gasteiger partial charge in [0.1, 0.15) is 17.2 Å². The van der Waals surface area contributed by atoms with E-state index in [0.29, 0.717) is 29.2 Å². The van der Waals surface area contributed by atoms with Gasteiger partial charge in [-0.1, -0.05) is 28.9 Å². The van der Waals surface area contributed by atoms with Crippen molar-refractivity contribution in [3.8, 4) is 6.07 Å². The van der Waals surface area contributed by atoms with Gasteiger partial charge in [-0.2, -0.15) is 5.26 Å². The minimum atomic E-state index is -0.856. The number of carboxylic acids is 1. The Morgan fingerprint density at radius 1 is 1.16 bits per heavy atom. The highest BCUT2D eigenvalue weighted by molar-refractivity contribution is 6.30. The van der Waals surface area contributed by atoms with Crippen LogP contribution in [0, 0.1) is 17.1 Å². The fourth-order valence-electron chi connectivity index (χ4n) is 4.58. The van der Waals surface area contributed by atoms with E-state index in [-0.39, 0.29) is 54.3 Å². The number of imidazole rings is 1. The predicted octanol–water partition coefficient (Wildman–Crippen LogP) is 4.54. The fourth-order valence-corrected chi connectivity index (χ4v) is 4.75. The topological polar surface area (TPSA) is 126 Å². The number of fused-ring (bicyclic) bond motifs is 1. The van der Waals surface area contributed by atoms with Gasteiger partial charge in [0.15, 0.2) is 5.78 Å². The zero-order chi connectivity index (χ0) is 26.8. The molecule has 3 heterocycles. The first-order valence-electron chi connectivity index (χ1n) is 12.3. The standard InChI is InChI=1S/C27H24ClFN6O3/c28-22-6-3-17(9-10-30)21(26(22)29)5-7-24(36)23-15-35(33-32-23)14-20-13-34-12-19(16-1-2-16)11-18(27(34)31-20)4-8-25(37)38/h3,6,11-13,15-16H,1-2,4-5,7-9,14H2,(H,37,38). The Morgan fingerprint density at radius 3 is 2.71 bits per heavy atom. The van der Waals surface area contributed by atoms with Crippen molar-refractivity contribution in [3.05, 3.63) is 81.3 Å². The number of halogens is 2. The molecule has 0 bridgehead atoms. The minimum absolute atomic E-state index is 0.0143. The molecule has 38 heavy (non-hydrogen) atoms. The largest absolute Gasteiger partial charge is 0.481 e. The van der Waals surface area contributed by atoms with Crippen molar-refractivity contribution in [2.75, 3.05) is 0 Å². The lowest BCUT2D eigenvalue weighted by molar-refractivity contribution is -0.136. The van der Waals surface area contributed by atoms with Crippen LogP contribution in [-0.2, 0) is 30.6 Å². The first-order valence-corrected chi connectivity index (χ1v) is 12.7. The summed E-state index contributed by atoms with van der Waals surface area (Å²) in [6, 6.07) is 7.06. The van der Waals surface area contributed by atoms with Crippen LogP contribution >= 0.6 is 11.6 Å². The summed E-state index contributed by atoms with van der Waals surface area (Å²) in [5.41, 5.74) is 4.39. The van der Waals surface area contributed by atoms with Crippen LogP contribution in [0.2, 0.25) is 5.02 Å². The molecule has 1 aliphatic carbocycles. The van der Waals surface area contributed by atoms with Crippen LogP contribution in [0.4, 0.5) is 4.39 Å². The number of pyridine rings is 1. The van der Waals surface area contributed by atoms with Crippen LogP contribution in [0.25, 0.3) is 5.65 Å². The first kappa shape index (κ1) is 25.5. The van der Waals surface area contributed by atoms with Crippen LogP contribution in [0.3, 0.4) is 0 Å². The Morgan fingerprint density at radius 2 is 1.97 bits per heavy atom. The average molecular weight is 535 g/mol. The van der Waals surface area contributed by atoms with Crippen molar-refractivity contribution in [3.63, 3.8) is 0 Å². The van der Waals surface area contributed by atoms with Crippen molar-refractivity contribution < 1.29 is 19.1 Å². The summed E-state index contributed by atoms with van der Waals surface area (Å²) in [5.74, 6) is -1.27. The van der Waals surface area contributed by atoms with Gasteiger partial charge in [0.05, 0.1) is 35.9 Å². The Kier molecular flexibility index (Phi) is 7.20. The molecule has 1 fully saturated rings. The fraction of sp³-hybridized carbons (Fsp3) is 0.333. The average Bonchev–Trinajstić information content (AvgIpc) is 3.50. The predicted molar refractivity (Wildman–Crippen MR) is 136 cm³/mol. The number of aryl methyl sites for hydroxylation is 1. The highest BCUT2D eigenvalue weighted by Gasteiger charge is 2.25. The lowest BCUT2D eigenvalue weighted by atomic mass is 9.98. The smallest absolute Gasteiger partial charge is 0.303 e. The highest BCUT2D eigenvalue weighted by atomic mass is 35.5.